The molecule has 0 unspecified atom stereocenters. The van der Waals surface area contributed by atoms with E-state index in [9.17, 15) is 0 Å². The van der Waals surface area contributed by atoms with Crippen LogP contribution in [0.15, 0.2) is 84.0 Å². The van der Waals surface area contributed by atoms with Crippen molar-refractivity contribution in [2.24, 2.45) is 0 Å². The Hall–Kier alpha value is -3.33. The van der Waals surface area contributed by atoms with Gasteiger partial charge in [-0.25, -0.2) is 4.68 Å². The zero-order valence-corrected chi connectivity index (χ0v) is 21.0. The molecule has 3 aromatic carbocycles. The fraction of sp³-hybridized carbons (Fsp3) is 0.120. The Balaban J connectivity index is 1.49. The summed E-state index contributed by atoms with van der Waals surface area (Å²) in [7, 11) is 1.64. The van der Waals surface area contributed by atoms with Gasteiger partial charge in [0, 0.05) is 5.75 Å². The minimum Gasteiger partial charge on any atom is -0.497 e. The molecular weight excluding hydrogens is 503 g/mol. The van der Waals surface area contributed by atoms with Crippen LogP contribution < -0.4 is 4.74 Å². The number of halogens is 2. The van der Waals surface area contributed by atoms with Crippen molar-refractivity contribution in [1.82, 2.24) is 30.0 Å². The maximum atomic E-state index is 6.51. The molecule has 5 aromatic rings. The maximum absolute atomic E-state index is 6.51. The molecule has 176 valence electrons. The van der Waals surface area contributed by atoms with Crippen molar-refractivity contribution in [2.45, 2.75) is 17.3 Å². The summed E-state index contributed by atoms with van der Waals surface area (Å²) in [5.41, 5.74) is 3.58. The summed E-state index contributed by atoms with van der Waals surface area (Å²) < 4.78 is 6.97. The molecule has 10 heteroatoms. The highest BCUT2D eigenvalue weighted by molar-refractivity contribution is 7.98. The van der Waals surface area contributed by atoms with Crippen molar-refractivity contribution < 1.29 is 4.74 Å². The molecule has 0 saturated heterocycles. The van der Waals surface area contributed by atoms with Gasteiger partial charge in [0.15, 0.2) is 0 Å². The molecule has 0 amide bonds. The molecule has 0 saturated carbocycles. The second-order valence-electron chi connectivity index (χ2n) is 7.61. The molecule has 2 aromatic heterocycles. The van der Waals surface area contributed by atoms with Crippen molar-refractivity contribution in [3.05, 3.63) is 100 Å². The first-order valence-electron chi connectivity index (χ1n) is 10.7. The molecule has 0 radical (unpaired) electrons. The summed E-state index contributed by atoms with van der Waals surface area (Å²) >= 11 is 14.6. The van der Waals surface area contributed by atoms with Crippen LogP contribution in [0.5, 0.6) is 5.75 Å². The lowest BCUT2D eigenvalue weighted by molar-refractivity contribution is 0.414. The molecule has 0 fully saturated rings. The van der Waals surface area contributed by atoms with Gasteiger partial charge in [-0.15, -0.1) is 22.0 Å². The molecule has 7 nitrogen and oxygen atoms in total. The van der Waals surface area contributed by atoms with Crippen LogP contribution >= 0.6 is 35.0 Å². The van der Waals surface area contributed by atoms with Crippen LogP contribution in [-0.4, -0.2) is 37.1 Å². The molecule has 0 N–H and O–H groups in total. The predicted molar refractivity (Wildman–Crippen MR) is 138 cm³/mol. The smallest absolute Gasteiger partial charge is 0.209 e. The number of methoxy groups -OCH3 is 1. The lowest BCUT2D eigenvalue weighted by Crippen LogP contribution is -2.04. The van der Waals surface area contributed by atoms with Gasteiger partial charge >= 0.3 is 0 Å². The largest absolute Gasteiger partial charge is 0.497 e. The van der Waals surface area contributed by atoms with Gasteiger partial charge in [0.1, 0.15) is 16.5 Å². The molecule has 0 aliphatic rings. The molecule has 35 heavy (non-hydrogen) atoms. The molecule has 0 bridgehead atoms. The minimum absolute atomic E-state index is 0.475. The second-order valence-corrected chi connectivity index (χ2v) is 9.39. The third-order valence-corrected chi connectivity index (χ3v) is 7.02. The van der Waals surface area contributed by atoms with E-state index in [2.05, 4.69) is 32.6 Å². The van der Waals surface area contributed by atoms with Gasteiger partial charge in [0.25, 0.3) is 0 Å². The van der Waals surface area contributed by atoms with Crippen LogP contribution in [0.4, 0.5) is 0 Å². The number of rotatable bonds is 8. The van der Waals surface area contributed by atoms with Crippen LogP contribution in [0.25, 0.3) is 17.1 Å². The summed E-state index contributed by atoms with van der Waals surface area (Å²) in [6, 6.07) is 23.3. The average Bonchev–Trinajstić information content (AvgIpc) is 3.51. The Morgan fingerprint density at radius 3 is 2.34 bits per heavy atom. The van der Waals surface area contributed by atoms with Crippen LogP contribution in [-0.2, 0) is 12.3 Å². The average molecular weight is 523 g/mol. The molecule has 0 aliphatic heterocycles. The third-order valence-electron chi connectivity index (χ3n) is 5.27. The highest BCUT2D eigenvalue weighted by Crippen LogP contribution is 2.37. The SMILES string of the molecule is COc1ccc(Cn2nnc(-c3cnn(-c4c(Cl)cccc4Cl)c3SCc3ccccc3)n2)cc1. The molecule has 0 aliphatic carbocycles. The van der Waals surface area contributed by atoms with Gasteiger partial charge in [0.2, 0.25) is 5.82 Å². The topological polar surface area (TPSA) is 70.7 Å². The summed E-state index contributed by atoms with van der Waals surface area (Å²) in [4.78, 5) is 1.56. The van der Waals surface area contributed by atoms with Gasteiger partial charge in [-0.3, -0.25) is 0 Å². The number of benzene rings is 3. The zero-order chi connectivity index (χ0) is 24.2. The first kappa shape index (κ1) is 23.4. The Bertz CT molecular complexity index is 1420. The maximum Gasteiger partial charge on any atom is 0.209 e. The van der Waals surface area contributed by atoms with Crippen molar-refractivity contribution in [2.75, 3.05) is 7.11 Å². The summed E-state index contributed by atoms with van der Waals surface area (Å²) in [5, 5.41) is 19.6. The number of para-hydroxylation sites is 1. The van der Waals surface area contributed by atoms with Gasteiger partial charge in [-0.1, -0.05) is 71.7 Å². The van der Waals surface area contributed by atoms with Gasteiger partial charge in [-0.05, 0) is 40.6 Å². The number of hydrogen-bond acceptors (Lipinski definition) is 6. The standard InChI is InChI=1S/C25H20Cl2N6OS/c1-34-19-12-10-17(11-13-19)15-32-30-24(29-31-32)20-14-28-33(23-21(26)8-5-9-22(23)27)25(20)35-16-18-6-3-2-4-7-18/h2-14H,15-16H2,1H3. The van der Waals surface area contributed by atoms with E-state index in [0.29, 0.717) is 28.1 Å². The van der Waals surface area contributed by atoms with E-state index in [-0.39, 0.29) is 0 Å². The molecule has 0 atom stereocenters. The lowest BCUT2D eigenvalue weighted by Gasteiger charge is -2.11. The first-order valence-corrected chi connectivity index (χ1v) is 12.5. The van der Waals surface area contributed by atoms with E-state index in [1.807, 2.05) is 48.5 Å². The number of nitrogens with zero attached hydrogens (tertiary/aromatic N) is 6. The Morgan fingerprint density at radius 1 is 0.886 bits per heavy atom. The normalized spacial score (nSPS) is 11.1. The van der Waals surface area contributed by atoms with Crippen molar-refractivity contribution in [3.63, 3.8) is 0 Å². The third kappa shape index (κ3) is 5.19. The van der Waals surface area contributed by atoms with Gasteiger partial charge in [-0.2, -0.15) is 9.90 Å². The number of tetrazole rings is 1. The van der Waals surface area contributed by atoms with E-state index in [1.54, 1.807) is 46.7 Å². The Labute approximate surface area is 216 Å². The lowest BCUT2D eigenvalue weighted by atomic mass is 10.2. The van der Waals surface area contributed by atoms with Crippen LogP contribution in [0.3, 0.4) is 0 Å². The monoisotopic (exact) mass is 522 g/mol. The van der Waals surface area contributed by atoms with Crippen molar-refractivity contribution in [3.8, 4) is 22.8 Å². The summed E-state index contributed by atoms with van der Waals surface area (Å²) in [6.07, 6.45) is 1.72. The second kappa shape index (κ2) is 10.5. The van der Waals surface area contributed by atoms with E-state index < -0.39 is 0 Å². The van der Waals surface area contributed by atoms with E-state index >= 15 is 0 Å². The van der Waals surface area contributed by atoms with Crippen LogP contribution in [0.2, 0.25) is 10.0 Å². The molecular formula is C25H20Cl2N6OS. The van der Waals surface area contributed by atoms with E-state index in [0.717, 1.165) is 27.7 Å². The number of aromatic nitrogens is 6. The van der Waals surface area contributed by atoms with Gasteiger partial charge in [0.05, 0.1) is 35.5 Å². The molecule has 0 spiro atoms. The van der Waals surface area contributed by atoms with E-state index in [4.69, 9.17) is 27.9 Å². The van der Waals surface area contributed by atoms with Crippen LogP contribution in [0, 0.1) is 0 Å². The quantitative estimate of drug-likeness (QED) is 0.226. The number of thioether (sulfide) groups is 1. The minimum atomic E-state index is 0.475. The fourth-order valence-electron chi connectivity index (χ4n) is 3.52. The predicted octanol–water partition coefficient (Wildman–Crippen LogP) is 6.18. The number of hydrogen-bond donors (Lipinski definition) is 0. The fourth-order valence-corrected chi connectivity index (χ4v) is 5.13. The Morgan fingerprint density at radius 2 is 1.63 bits per heavy atom. The highest BCUT2D eigenvalue weighted by atomic mass is 35.5. The molecule has 2 heterocycles. The first-order chi connectivity index (χ1) is 17.1. The summed E-state index contributed by atoms with van der Waals surface area (Å²) in [6.45, 7) is 0.480. The van der Waals surface area contributed by atoms with Gasteiger partial charge < -0.3 is 4.74 Å². The van der Waals surface area contributed by atoms with Crippen LogP contribution in [0.1, 0.15) is 11.1 Å². The van der Waals surface area contributed by atoms with E-state index in [1.165, 1.54) is 5.56 Å². The zero-order valence-electron chi connectivity index (χ0n) is 18.7. The highest BCUT2D eigenvalue weighted by Gasteiger charge is 2.21. The Kier molecular flexibility index (Phi) is 7.03. The van der Waals surface area contributed by atoms with Crippen molar-refractivity contribution >= 4 is 35.0 Å². The summed E-state index contributed by atoms with van der Waals surface area (Å²) in [5.74, 6) is 2.00. The van der Waals surface area contributed by atoms with Crippen molar-refractivity contribution in [1.29, 1.82) is 0 Å². The number of ether oxygens (including phenoxy) is 1. The molecule has 5 rings (SSSR count).